The van der Waals surface area contributed by atoms with Crippen LogP contribution in [-0.4, -0.2) is 46.3 Å². The largest absolute Gasteiger partial charge is 0.493 e. The first-order valence-electron chi connectivity index (χ1n) is 10.4. The molecule has 1 atom stereocenters. The maximum absolute atomic E-state index is 12.9. The maximum Gasteiger partial charge on any atom is 0.442 e. The number of aromatic nitrogens is 2. The van der Waals surface area contributed by atoms with Gasteiger partial charge in [-0.2, -0.15) is 0 Å². The van der Waals surface area contributed by atoms with E-state index in [4.69, 9.17) is 14.2 Å². The minimum absolute atomic E-state index is 0.166. The summed E-state index contributed by atoms with van der Waals surface area (Å²) >= 11 is 0. The third-order valence-electron chi connectivity index (χ3n) is 4.59. The summed E-state index contributed by atoms with van der Waals surface area (Å²) in [5.41, 5.74) is 1.47. The molecule has 0 saturated carbocycles. The quantitative estimate of drug-likeness (QED) is 0.504. The summed E-state index contributed by atoms with van der Waals surface area (Å²) in [5.74, 6) is 1.77. The second-order valence-corrected chi connectivity index (χ2v) is 9.83. The molecule has 0 aliphatic carbocycles. The van der Waals surface area contributed by atoms with Gasteiger partial charge in [-0.05, 0) is 44.5 Å². The zero-order valence-electron chi connectivity index (χ0n) is 19.3. The van der Waals surface area contributed by atoms with Gasteiger partial charge in [-0.1, -0.05) is 12.1 Å². The Hall–Kier alpha value is -3.40. The minimum Gasteiger partial charge on any atom is -0.493 e. The van der Waals surface area contributed by atoms with Crippen LogP contribution in [0.4, 0.5) is 10.6 Å². The van der Waals surface area contributed by atoms with Crippen molar-refractivity contribution in [1.82, 2.24) is 9.97 Å². The first-order valence-corrected chi connectivity index (χ1v) is 12.4. The van der Waals surface area contributed by atoms with Gasteiger partial charge in [0.2, 0.25) is 0 Å². The predicted octanol–water partition coefficient (Wildman–Crippen LogP) is 4.65. The van der Waals surface area contributed by atoms with Crippen molar-refractivity contribution in [2.24, 2.45) is 4.36 Å². The molecule has 0 aliphatic rings. The molecule has 1 heterocycles. The van der Waals surface area contributed by atoms with E-state index in [0.29, 0.717) is 21.9 Å². The molecule has 1 aromatic heterocycles. The summed E-state index contributed by atoms with van der Waals surface area (Å²) in [5, 5.41) is 4.12. The molecule has 2 aromatic carbocycles. The lowest BCUT2D eigenvalue weighted by Crippen LogP contribution is -2.11. The molecule has 33 heavy (non-hydrogen) atoms. The standard InChI is InChI=1S/C23H28N4O5S/c1-6-31-23(28)27-33(5,29)17-9-7-8-16(10-17)13-32-21-12-19-18(11-20(21)30-4)22(25-14-24-19)26-15(2)3/h7-12,14-15H,6,13H2,1-5H3,(H,24,25,26). The lowest BCUT2D eigenvalue weighted by Gasteiger charge is -2.15. The molecule has 10 heteroatoms. The summed E-state index contributed by atoms with van der Waals surface area (Å²) in [4.78, 5) is 20.8. The summed E-state index contributed by atoms with van der Waals surface area (Å²) in [6.07, 6.45) is 2.05. The topological polar surface area (TPSA) is 112 Å². The molecule has 3 rings (SSSR count). The Bertz CT molecular complexity index is 1270. The van der Waals surface area contributed by atoms with E-state index in [2.05, 4.69) is 19.6 Å². The number of ether oxygens (including phenoxy) is 3. The number of anilines is 1. The molecule has 0 radical (unpaired) electrons. The van der Waals surface area contributed by atoms with Crippen molar-refractivity contribution < 1.29 is 23.2 Å². The molecular weight excluding hydrogens is 444 g/mol. The molecule has 0 aliphatic heterocycles. The average molecular weight is 473 g/mol. The van der Waals surface area contributed by atoms with Crippen molar-refractivity contribution in [2.45, 2.75) is 38.3 Å². The number of rotatable bonds is 8. The molecule has 9 nitrogen and oxygen atoms in total. The Labute approximate surface area is 193 Å². The van der Waals surface area contributed by atoms with Crippen molar-refractivity contribution in [2.75, 3.05) is 25.3 Å². The van der Waals surface area contributed by atoms with Gasteiger partial charge in [-0.25, -0.2) is 19.0 Å². The summed E-state index contributed by atoms with van der Waals surface area (Å²) in [7, 11) is -1.38. The third-order valence-corrected chi connectivity index (χ3v) is 6.22. The number of amides is 1. The minimum atomic E-state index is -2.95. The zero-order valence-corrected chi connectivity index (χ0v) is 20.1. The number of carbonyl (C=O) groups excluding carboxylic acids is 1. The van der Waals surface area contributed by atoms with Crippen LogP contribution in [0.5, 0.6) is 11.5 Å². The van der Waals surface area contributed by atoms with Crippen LogP contribution < -0.4 is 14.8 Å². The fourth-order valence-electron chi connectivity index (χ4n) is 3.10. The van der Waals surface area contributed by atoms with Crippen LogP contribution in [0.15, 0.2) is 52.0 Å². The highest BCUT2D eigenvalue weighted by Crippen LogP contribution is 2.34. The van der Waals surface area contributed by atoms with E-state index in [1.165, 1.54) is 12.6 Å². The van der Waals surface area contributed by atoms with Crippen molar-refractivity contribution in [3.05, 3.63) is 48.3 Å². The first kappa shape index (κ1) is 24.2. The van der Waals surface area contributed by atoms with E-state index >= 15 is 0 Å². The van der Waals surface area contributed by atoms with Crippen molar-refractivity contribution in [3.63, 3.8) is 0 Å². The fraction of sp³-hybridized carbons (Fsp3) is 0.348. The van der Waals surface area contributed by atoms with Crippen LogP contribution in [0, 0.1) is 0 Å². The molecule has 0 saturated heterocycles. The monoisotopic (exact) mass is 472 g/mol. The van der Waals surface area contributed by atoms with Gasteiger partial charge in [-0.15, -0.1) is 4.36 Å². The lowest BCUT2D eigenvalue weighted by atomic mass is 10.2. The average Bonchev–Trinajstić information content (AvgIpc) is 2.77. The van der Waals surface area contributed by atoms with Crippen LogP contribution >= 0.6 is 0 Å². The smallest absolute Gasteiger partial charge is 0.442 e. The van der Waals surface area contributed by atoms with Gasteiger partial charge in [0, 0.05) is 28.6 Å². The fourth-order valence-corrected chi connectivity index (χ4v) is 4.25. The van der Waals surface area contributed by atoms with Gasteiger partial charge < -0.3 is 19.5 Å². The van der Waals surface area contributed by atoms with Crippen LogP contribution in [0.1, 0.15) is 26.3 Å². The van der Waals surface area contributed by atoms with Gasteiger partial charge in [0.05, 0.1) is 29.0 Å². The number of nitrogens with one attached hydrogen (secondary N) is 1. The van der Waals surface area contributed by atoms with E-state index in [1.54, 1.807) is 38.3 Å². The predicted molar refractivity (Wildman–Crippen MR) is 127 cm³/mol. The van der Waals surface area contributed by atoms with Crippen molar-refractivity contribution >= 4 is 32.5 Å². The normalized spacial score (nSPS) is 12.8. The van der Waals surface area contributed by atoms with E-state index in [0.717, 1.165) is 16.8 Å². The molecule has 3 aromatic rings. The molecule has 176 valence electrons. The first-order chi connectivity index (χ1) is 15.7. The van der Waals surface area contributed by atoms with Gasteiger partial charge in [-0.3, -0.25) is 0 Å². The number of fused-ring (bicyclic) bond motifs is 1. The second kappa shape index (κ2) is 10.5. The van der Waals surface area contributed by atoms with Crippen LogP contribution in [0.2, 0.25) is 0 Å². The van der Waals surface area contributed by atoms with Crippen molar-refractivity contribution in [1.29, 1.82) is 0 Å². The molecule has 0 fully saturated rings. The Kier molecular flexibility index (Phi) is 7.70. The highest BCUT2D eigenvalue weighted by molar-refractivity contribution is 7.93. The van der Waals surface area contributed by atoms with Crippen molar-refractivity contribution in [3.8, 4) is 11.5 Å². The number of carbonyl (C=O) groups is 1. The summed E-state index contributed by atoms with van der Waals surface area (Å²) < 4.78 is 32.9. The van der Waals surface area contributed by atoms with Crippen LogP contribution in [-0.2, 0) is 21.1 Å². The molecule has 0 bridgehead atoms. The van der Waals surface area contributed by atoms with Gasteiger partial charge >= 0.3 is 6.09 Å². The Morgan fingerprint density at radius 2 is 1.97 bits per heavy atom. The highest BCUT2D eigenvalue weighted by atomic mass is 32.2. The number of methoxy groups -OCH3 is 1. The Morgan fingerprint density at radius 1 is 1.18 bits per heavy atom. The molecular formula is C23H28N4O5S. The van der Waals surface area contributed by atoms with Gasteiger partial charge in [0.15, 0.2) is 11.5 Å². The Balaban J connectivity index is 1.87. The number of nitrogens with zero attached hydrogens (tertiary/aromatic N) is 3. The van der Waals surface area contributed by atoms with E-state index in [1.807, 2.05) is 26.0 Å². The number of hydrogen-bond donors (Lipinski definition) is 1. The van der Waals surface area contributed by atoms with E-state index in [9.17, 15) is 9.00 Å². The zero-order chi connectivity index (χ0) is 24.0. The molecule has 1 amide bonds. The summed E-state index contributed by atoms with van der Waals surface area (Å²) in [6, 6.07) is 10.8. The van der Waals surface area contributed by atoms with E-state index < -0.39 is 15.8 Å². The Morgan fingerprint density at radius 3 is 2.67 bits per heavy atom. The number of benzene rings is 2. The highest BCUT2D eigenvalue weighted by Gasteiger charge is 2.14. The van der Waals surface area contributed by atoms with E-state index in [-0.39, 0.29) is 19.3 Å². The second-order valence-electron chi connectivity index (χ2n) is 7.57. The summed E-state index contributed by atoms with van der Waals surface area (Å²) in [6.45, 7) is 6.08. The van der Waals surface area contributed by atoms with Gasteiger partial charge in [0.1, 0.15) is 18.8 Å². The third kappa shape index (κ3) is 6.10. The van der Waals surface area contributed by atoms with Crippen LogP contribution in [0.25, 0.3) is 10.9 Å². The molecule has 0 spiro atoms. The maximum atomic E-state index is 12.9. The molecule has 1 N–H and O–H groups in total. The van der Waals surface area contributed by atoms with Gasteiger partial charge in [0.25, 0.3) is 0 Å². The SMILES string of the molecule is CCOC(=O)N=S(C)(=O)c1cccc(COc2cc3ncnc(NC(C)C)c3cc2OC)c1. The van der Waals surface area contributed by atoms with Crippen LogP contribution in [0.3, 0.4) is 0 Å². The number of hydrogen-bond acceptors (Lipinski definition) is 8. The molecule has 1 unspecified atom stereocenters. The lowest BCUT2D eigenvalue weighted by molar-refractivity contribution is 0.164.